The van der Waals surface area contributed by atoms with E-state index in [1.807, 2.05) is 4.90 Å². The fourth-order valence-corrected chi connectivity index (χ4v) is 10.2. The highest BCUT2D eigenvalue weighted by molar-refractivity contribution is 6.11. The van der Waals surface area contributed by atoms with Crippen molar-refractivity contribution in [1.29, 1.82) is 0 Å². The normalized spacial score (nSPS) is 12.7. The summed E-state index contributed by atoms with van der Waals surface area (Å²) in [5, 5.41) is 4.54. The molecule has 0 saturated carbocycles. The van der Waals surface area contributed by atoms with Gasteiger partial charge in [0, 0.05) is 33.5 Å². The molecule has 0 fully saturated rings. The second-order valence-corrected chi connectivity index (χ2v) is 16.4. The first kappa shape index (κ1) is 36.7. The van der Waals surface area contributed by atoms with E-state index >= 15 is 0 Å². The molecule has 0 N–H and O–H groups in total. The summed E-state index contributed by atoms with van der Waals surface area (Å²) in [6.07, 6.45) is 0. The minimum Gasteiger partial charge on any atom is -0.310 e. The summed E-state index contributed by atoms with van der Waals surface area (Å²) in [5.41, 5.74) is 15.2. The summed E-state index contributed by atoms with van der Waals surface area (Å²) in [7, 11) is 0. The Labute approximate surface area is 364 Å². The van der Waals surface area contributed by atoms with Crippen molar-refractivity contribution in [1.82, 2.24) is 4.57 Å². The smallest absolute Gasteiger partial charge is 0.123 e. The van der Waals surface area contributed by atoms with Crippen LogP contribution in [0.15, 0.2) is 231 Å². The van der Waals surface area contributed by atoms with Gasteiger partial charge in [0.05, 0.1) is 16.4 Å². The predicted molar refractivity (Wildman–Crippen MR) is 256 cm³/mol. The maximum atomic E-state index is 14.0. The van der Waals surface area contributed by atoms with Crippen LogP contribution in [0.25, 0.3) is 60.5 Å². The number of aromatic nitrogens is 1. The molecule has 0 unspecified atom stereocenters. The summed E-state index contributed by atoms with van der Waals surface area (Å²) < 4.78 is 30.4. The Hall–Kier alpha value is -8.08. The maximum Gasteiger partial charge on any atom is 0.123 e. The summed E-state index contributed by atoms with van der Waals surface area (Å²) in [5.74, 6) is -0.621. The minimum absolute atomic E-state index is 0.310. The van der Waals surface area contributed by atoms with Gasteiger partial charge in [-0.1, -0.05) is 133 Å². The lowest BCUT2D eigenvalue weighted by molar-refractivity contribution is 0.628. The maximum absolute atomic E-state index is 14.0. The number of para-hydroxylation sites is 1. The van der Waals surface area contributed by atoms with Crippen molar-refractivity contribution in [2.75, 3.05) is 4.90 Å². The molecular formula is C59H38F2N2. The van der Waals surface area contributed by atoms with Crippen molar-refractivity contribution in [2.24, 2.45) is 0 Å². The average molecular weight is 813 g/mol. The number of anilines is 3. The number of hydrogen-bond acceptors (Lipinski definition) is 1. The van der Waals surface area contributed by atoms with Crippen LogP contribution in [0.1, 0.15) is 22.3 Å². The van der Waals surface area contributed by atoms with E-state index in [0.29, 0.717) is 0 Å². The van der Waals surface area contributed by atoms with Gasteiger partial charge in [-0.3, -0.25) is 0 Å². The van der Waals surface area contributed by atoms with E-state index in [1.54, 1.807) is 24.3 Å². The fourth-order valence-electron chi connectivity index (χ4n) is 10.2. The molecule has 11 aromatic rings. The predicted octanol–water partition coefficient (Wildman–Crippen LogP) is 15.7. The van der Waals surface area contributed by atoms with Crippen LogP contribution in [0.4, 0.5) is 25.8 Å². The molecule has 0 atom stereocenters. The Morgan fingerprint density at radius 1 is 0.365 bits per heavy atom. The topological polar surface area (TPSA) is 8.17 Å². The third-order valence-electron chi connectivity index (χ3n) is 13.0. The molecule has 12 rings (SSSR count). The highest BCUT2D eigenvalue weighted by Gasteiger charge is 2.46. The van der Waals surface area contributed by atoms with E-state index in [9.17, 15) is 8.78 Å². The molecule has 4 heteroatoms. The standard InChI is InChI=1S/C59H38F2N2/c60-45-23-28-47(29-24-45)62(48-30-25-46(61)26-31-48)49-27-21-40-35-39(19-20-41(40)36-49)42-22-34-58-54(37-42)53-16-8-10-18-57(53)63(58)50-32-33-52-51-15-7-9-17-55(51)59(56(52)38-50,43-11-3-1-4-12-43)44-13-5-2-6-14-44/h1-38H. The van der Waals surface area contributed by atoms with Gasteiger partial charge in [-0.2, -0.15) is 0 Å². The lowest BCUT2D eigenvalue weighted by Gasteiger charge is -2.34. The van der Waals surface area contributed by atoms with Gasteiger partial charge >= 0.3 is 0 Å². The van der Waals surface area contributed by atoms with E-state index in [-0.39, 0.29) is 11.6 Å². The zero-order chi connectivity index (χ0) is 42.1. The second kappa shape index (κ2) is 14.5. The number of halogens is 2. The second-order valence-electron chi connectivity index (χ2n) is 16.4. The number of nitrogens with zero attached hydrogens (tertiary/aromatic N) is 2. The van der Waals surface area contributed by atoms with Crippen LogP contribution in [0.2, 0.25) is 0 Å². The quantitative estimate of drug-likeness (QED) is 0.156. The summed E-state index contributed by atoms with van der Waals surface area (Å²) in [6, 6.07) is 79.0. The van der Waals surface area contributed by atoms with Crippen molar-refractivity contribution in [3.63, 3.8) is 0 Å². The van der Waals surface area contributed by atoms with Gasteiger partial charge in [-0.05, 0) is 152 Å². The van der Waals surface area contributed by atoms with E-state index in [2.05, 4.69) is 187 Å². The Morgan fingerprint density at radius 2 is 0.905 bits per heavy atom. The van der Waals surface area contributed by atoms with E-state index < -0.39 is 5.41 Å². The number of hydrogen-bond donors (Lipinski definition) is 0. The van der Waals surface area contributed by atoms with Crippen LogP contribution in [0.5, 0.6) is 0 Å². The zero-order valence-electron chi connectivity index (χ0n) is 34.1. The van der Waals surface area contributed by atoms with Gasteiger partial charge in [0.1, 0.15) is 11.6 Å². The zero-order valence-corrected chi connectivity index (χ0v) is 34.1. The molecule has 63 heavy (non-hydrogen) atoms. The Kier molecular flexibility index (Phi) is 8.48. The molecule has 1 aromatic heterocycles. The number of fused-ring (bicyclic) bond motifs is 7. The Bertz CT molecular complexity index is 3430. The molecule has 0 saturated heterocycles. The van der Waals surface area contributed by atoms with Crippen LogP contribution in [-0.4, -0.2) is 4.57 Å². The Balaban J connectivity index is 0.976. The molecule has 0 aliphatic heterocycles. The van der Waals surface area contributed by atoms with Crippen LogP contribution in [0.3, 0.4) is 0 Å². The van der Waals surface area contributed by atoms with Crippen LogP contribution in [0, 0.1) is 11.6 Å². The number of benzene rings is 10. The van der Waals surface area contributed by atoms with Crippen molar-refractivity contribution in [3.05, 3.63) is 264 Å². The SMILES string of the molecule is Fc1ccc(N(c2ccc(F)cc2)c2ccc3cc(-c4ccc5c(c4)c4ccccc4n5-c4ccc5c(c4)C(c4ccccc4)(c4ccccc4)c4ccccc4-5)ccc3c2)cc1. The van der Waals surface area contributed by atoms with Crippen LogP contribution < -0.4 is 4.90 Å². The summed E-state index contributed by atoms with van der Waals surface area (Å²) in [6.45, 7) is 0. The van der Waals surface area contributed by atoms with Crippen molar-refractivity contribution >= 4 is 49.6 Å². The summed E-state index contributed by atoms with van der Waals surface area (Å²) in [4.78, 5) is 2.01. The number of rotatable bonds is 7. The first-order valence-electron chi connectivity index (χ1n) is 21.3. The molecule has 1 aliphatic carbocycles. The molecule has 1 aliphatic rings. The molecule has 1 heterocycles. The van der Waals surface area contributed by atoms with E-state index in [1.165, 1.54) is 68.4 Å². The molecule has 2 nitrogen and oxygen atoms in total. The summed E-state index contributed by atoms with van der Waals surface area (Å²) >= 11 is 0. The van der Waals surface area contributed by atoms with Gasteiger partial charge in [0.15, 0.2) is 0 Å². The first-order chi connectivity index (χ1) is 31.0. The molecule has 10 aromatic carbocycles. The average Bonchev–Trinajstić information content (AvgIpc) is 3.83. The third-order valence-corrected chi connectivity index (χ3v) is 13.0. The van der Waals surface area contributed by atoms with Gasteiger partial charge in [-0.25, -0.2) is 8.78 Å². The first-order valence-corrected chi connectivity index (χ1v) is 21.3. The minimum atomic E-state index is -0.493. The van der Waals surface area contributed by atoms with Crippen LogP contribution >= 0.6 is 0 Å². The van der Waals surface area contributed by atoms with Gasteiger partial charge in [0.2, 0.25) is 0 Å². The van der Waals surface area contributed by atoms with Gasteiger partial charge in [-0.15, -0.1) is 0 Å². The van der Waals surface area contributed by atoms with Crippen LogP contribution in [-0.2, 0) is 5.41 Å². The molecule has 0 radical (unpaired) electrons. The monoisotopic (exact) mass is 812 g/mol. The van der Waals surface area contributed by atoms with Gasteiger partial charge in [0.25, 0.3) is 0 Å². The molecule has 298 valence electrons. The third kappa shape index (κ3) is 5.83. The van der Waals surface area contributed by atoms with Gasteiger partial charge < -0.3 is 9.47 Å². The van der Waals surface area contributed by atoms with Crippen molar-refractivity contribution in [2.45, 2.75) is 5.41 Å². The van der Waals surface area contributed by atoms with Crippen molar-refractivity contribution < 1.29 is 8.78 Å². The highest BCUT2D eigenvalue weighted by atomic mass is 19.1. The molecule has 0 amide bonds. The molecule has 0 spiro atoms. The van der Waals surface area contributed by atoms with E-state index in [0.717, 1.165) is 55.7 Å². The van der Waals surface area contributed by atoms with E-state index in [4.69, 9.17) is 0 Å². The largest absolute Gasteiger partial charge is 0.310 e. The van der Waals surface area contributed by atoms with Crippen molar-refractivity contribution in [3.8, 4) is 27.9 Å². The lowest BCUT2D eigenvalue weighted by Crippen LogP contribution is -2.28. The molecular weight excluding hydrogens is 775 g/mol. The highest BCUT2D eigenvalue weighted by Crippen LogP contribution is 2.56. The Morgan fingerprint density at radius 3 is 1.62 bits per heavy atom. The fraction of sp³-hybridized carbons (Fsp3) is 0.0169. The lowest BCUT2D eigenvalue weighted by atomic mass is 9.67. The molecule has 0 bridgehead atoms.